The summed E-state index contributed by atoms with van der Waals surface area (Å²) < 4.78 is 6.11. The van der Waals surface area contributed by atoms with E-state index in [1.54, 1.807) is 7.11 Å². The molecule has 1 aromatic carbocycles. The molecule has 0 bridgehead atoms. The lowest BCUT2D eigenvalue weighted by molar-refractivity contribution is 0.410. The Kier molecular flexibility index (Phi) is 3.32. The maximum atomic E-state index is 8.61. The van der Waals surface area contributed by atoms with Crippen molar-refractivity contribution >= 4 is 15.9 Å². The maximum Gasteiger partial charge on any atom is 0.124 e. The molecule has 68 valence electrons. The van der Waals surface area contributed by atoms with Gasteiger partial charge in [0, 0.05) is 10.0 Å². The second-order valence-electron chi connectivity index (χ2n) is 2.76. The van der Waals surface area contributed by atoms with Crippen molar-refractivity contribution in [3.8, 4) is 11.8 Å². The molecule has 0 heterocycles. The summed E-state index contributed by atoms with van der Waals surface area (Å²) in [6.07, 6.45) is 0.365. The average Bonchev–Trinajstić information content (AvgIpc) is 2.09. The number of methoxy groups -OCH3 is 1. The fraction of sp³-hybridized carbons (Fsp3) is 0.300. The van der Waals surface area contributed by atoms with E-state index in [0.717, 1.165) is 21.3 Å². The van der Waals surface area contributed by atoms with Gasteiger partial charge >= 0.3 is 0 Å². The first-order chi connectivity index (χ1) is 6.19. The number of hydrogen-bond acceptors (Lipinski definition) is 2. The van der Waals surface area contributed by atoms with Gasteiger partial charge in [-0.2, -0.15) is 5.26 Å². The molecule has 0 radical (unpaired) electrons. The quantitative estimate of drug-likeness (QED) is 0.796. The molecule has 3 heteroatoms. The predicted octanol–water partition coefficient (Wildman–Crippen LogP) is 2.83. The van der Waals surface area contributed by atoms with Crippen LogP contribution in [0.1, 0.15) is 11.1 Å². The molecular formula is C10H10BrNO. The van der Waals surface area contributed by atoms with E-state index in [-0.39, 0.29) is 0 Å². The highest BCUT2D eigenvalue weighted by Gasteiger charge is 2.07. The minimum absolute atomic E-state index is 0.365. The molecule has 0 unspecified atom stereocenters. The summed E-state index contributed by atoms with van der Waals surface area (Å²) in [5.74, 6) is 0.772. The lowest BCUT2D eigenvalue weighted by Gasteiger charge is -2.08. The Hall–Kier alpha value is -1.01. The van der Waals surface area contributed by atoms with Crippen molar-refractivity contribution in [1.29, 1.82) is 5.26 Å². The monoisotopic (exact) mass is 239 g/mol. The van der Waals surface area contributed by atoms with E-state index in [0.29, 0.717) is 6.42 Å². The number of nitriles is 1. The zero-order chi connectivity index (χ0) is 9.84. The Morgan fingerprint density at radius 1 is 1.54 bits per heavy atom. The molecule has 0 N–H and O–H groups in total. The molecule has 0 aliphatic carbocycles. The standard InChI is InChI=1S/C10H10BrNO/c1-7-5-9(11)8(3-4-12)10(6-7)13-2/h5-6H,3H2,1-2H3. The first kappa shape index (κ1) is 10.1. The zero-order valence-corrected chi connectivity index (χ0v) is 9.18. The smallest absolute Gasteiger partial charge is 0.124 e. The van der Waals surface area contributed by atoms with Crippen LogP contribution < -0.4 is 4.74 Å². The summed E-state index contributed by atoms with van der Waals surface area (Å²) in [7, 11) is 1.61. The molecule has 0 amide bonds. The van der Waals surface area contributed by atoms with Crippen LogP contribution in [-0.4, -0.2) is 7.11 Å². The molecule has 0 aliphatic rings. The molecule has 0 fully saturated rings. The van der Waals surface area contributed by atoms with Gasteiger partial charge in [-0.3, -0.25) is 0 Å². The topological polar surface area (TPSA) is 33.0 Å². The maximum absolute atomic E-state index is 8.61. The number of nitrogens with zero attached hydrogens (tertiary/aromatic N) is 1. The summed E-state index contributed by atoms with van der Waals surface area (Å²) in [4.78, 5) is 0. The van der Waals surface area contributed by atoms with Crippen LogP contribution in [0.5, 0.6) is 5.75 Å². The third-order valence-electron chi connectivity index (χ3n) is 1.77. The van der Waals surface area contributed by atoms with E-state index < -0.39 is 0 Å². The molecule has 1 rings (SSSR count). The van der Waals surface area contributed by atoms with Gasteiger partial charge in [-0.25, -0.2) is 0 Å². The second kappa shape index (κ2) is 4.29. The van der Waals surface area contributed by atoms with E-state index >= 15 is 0 Å². The van der Waals surface area contributed by atoms with Gasteiger partial charge in [0.1, 0.15) is 5.75 Å². The highest BCUT2D eigenvalue weighted by Crippen LogP contribution is 2.28. The minimum Gasteiger partial charge on any atom is -0.496 e. The molecule has 0 spiro atoms. The molecule has 13 heavy (non-hydrogen) atoms. The van der Waals surface area contributed by atoms with Crippen LogP contribution >= 0.6 is 15.9 Å². The van der Waals surface area contributed by atoms with Gasteiger partial charge in [-0.15, -0.1) is 0 Å². The molecule has 0 saturated carbocycles. The molecule has 0 aliphatic heterocycles. The number of ether oxygens (including phenoxy) is 1. The second-order valence-corrected chi connectivity index (χ2v) is 3.62. The highest BCUT2D eigenvalue weighted by molar-refractivity contribution is 9.10. The van der Waals surface area contributed by atoms with Crippen molar-refractivity contribution in [3.05, 3.63) is 27.7 Å². The first-order valence-corrected chi connectivity index (χ1v) is 4.68. The summed E-state index contributed by atoms with van der Waals surface area (Å²) in [6.45, 7) is 1.99. The number of benzene rings is 1. The van der Waals surface area contributed by atoms with Crippen LogP contribution in [0.2, 0.25) is 0 Å². The summed E-state index contributed by atoms with van der Waals surface area (Å²) in [5.41, 5.74) is 2.03. The van der Waals surface area contributed by atoms with E-state index in [9.17, 15) is 0 Å². The lowest BCUT2D eigenvalue weighted by Crippen LogP contribution is -1.93. The summed E-state index contributed by atoms with van der Waals surface area (Å²) in [5, 5.41) is 8.61. The van der Waals surface area contributed by atoms with Crippen molar-refractivity contribution in [3.63, 3.8) is 0 Å². The van der Waals surface area contributed by atoms with Crippen LogP contribution in [0, 0.1) is 18.3 Å². The van der Waals surface area contributed by atoms with E-state index in [2.05, 4.69) is 22.0 Å². The Balaban J connectivity index is 3.23. The number of hydrogen-bond donors (Lipinski definition) is 0. The summed E-state index contributed by atoms with van der Waals surface area (Å²) in [6, 6.07) is 6.02. The lowest BCUT2D eigenvalue weighted by atomic mass is 10.1. The van der Waals surface area contributed by atoms with Crippen LogP contribution in [0.4, 0.5) is 0 Å². The number of halogens is 1. The highest BCUT2D eigenvalue weighted by atomic mass is 79.9. The number of rotatable bonds is 2. The van der Waals surface area contributed by atoms with Gasteiger partial charge in [0.15, 0.2) is 0 Å². The van der Waals surface area contributed by atoms with Gasteiger partial charge in [0.2, 0.25) is 0 Å². The Morgan fingerprint density at radius 2 is 2.23 bits per heavy atom. The Bertz CT molecular complexity index is 355. The normalized spacial score (nSPS) is 9.38. The fourth-order valence-corrected chi connectivity index (χ4v) is 1.87. The van der Waals surface area contributed by atoms with Crippen LogP contribution in [0.15, 0.2) is 16.6 Å². The number of aryl methyl sites for hydroxylation is 1. The predicted molar refractivity (Wildman–Crippen MR) is 54.7 cm³/mol. The SMILES string of the molecule is COc1cc(C)cc(Br)c1CC#N. The summed E-state index contributed by atoms with van der Waals surface area (Å²) >= 11 is 3.41. The van der Waals surface area contributed by atoms with E-state index in [1.165, 1.54) is 0 Å². The minimum atomic E-state index is 0.365. The molecule has 0 atom stereocenters. The largest absolute Gasteiger partial charge is 0.496 e. The van der Waals surface area contributed by atoms with Crippen molar-refractivity contribution in [2.75, 3.05) is 7.11 Å². The van der Waals surface area contributed by atoms with Gasteiger partial charge in [0.05, 0.1) is 19.6 Å². The third-order valence-corrected chi connectivity index (χ3v) is 2.48. The average molecular weight is 240 g/mol. The zero-order valence-electron chi connectivity index (χ0n) is 7.60. The van der Waals surface area contributed by atoms with Gasteiger partial charge in [-0.05, 0) is 24.6 Å². The van der Waals surface area contributed by atoms with Crippen molar-refractivity contribution in [2.45, 2.75) is 13.3 Å². The van der Waals surface area contributed by atoms with E-state index in [4.69, 9.17) is 10.00 Å². The van der Waals surface area contributed by atoms with Gasteiger partial charge in [-0.1, -0.05) is 15.9 Å². The first-order valence-electron chi connectivity index (χ1n) is 3.89. The van der Waals surface area contributed by atoms with E-state index in [1.807, 2.05) is 19.1 Å². The Labute approximate surface area is 86.3 Å². The molecule has 2 nitrogen and oxygen atoms in total. The van der Waals surface area contributed by atoms with Crippen LogP contribution in [-0.2, 0) is 6.42 Å². The fourth-order valence-electron chi connectivity index (χ4n) is 1.17. The van der Waals surface area contributed by atoms with Crippen molar-refractivity contribution in [2.24, 2.45) is 0 Å². The molecule has 0 aromatic heterocycles. The molecule has 1 aromatic rings. The van der Waals surface area contributed by atoms with Gasteiger partial charge < -0.3 is 4.74 Å². The van der Waals surface area contributed by atoms with Crippen LogP contribution in [0.3, 0.4) is 0 Å². The van der Waals surface area contributed by atoms with Crippen LogP contribution in [0.25, 0.3) is 0 Å². The molecular weight excluding hydrogens is 230 g/mol. The van der Waals surface area contributed by atoms with Crippen molar-refractivity contribution in [1.82, 2.24) is 0 Å². The Morgan fingerprint density at radius 3 is 2.77 bits per heavy atom. The molecule has 0 saturated heterocycles. The third kappa shape index (κ3) is 2.22. The van der Waals surface area contributed by atoms with Crippen molar-refractivity contribution < 1.29 is 4.74 Å². The van der Waals surface area contributed by atoms with Gasteiger partial charge in [0.25, 0.3) is 0 Å².